The van der Waals surface area contributed by atoms with Crippen LogP contribution < -0.4 is 22.1 Å². The van der Waals surface area contributed by atoms with Gasteiger partial charge in [-0.25, -0.2) is 18.8 Å². The molecule has 14 nitrogen and oxygen atoms in total. The minimum atomic E-state index is -4.57. The zero-order chi connectivity index (χ0) is 24.1. The molecule has 0 saturated carbocycles. The van der Waals surface area contributed by atoms with Crippen molar-refractivity contribution in [2.45, 2.75) is 44.6 Å². The largest absolute Gasteiger partial charge is 0.462 e. The fourth-order valence-corrected chi connectivity index (χ4v) is 3.48. The molecule has 0 amide bonds. The number of aromatic amines is 1. The second-order valence-electron chi connectivity index (χ2n) is 6.88. The number of halogens is 1. The van der Waals surface area contributed by atoms with Crippen LogP contribution in [0, 0.1) is 0 Å². The Hall–Kier alpha value is -2.42. The lowest BCUT2D eigenvalue weighted by molar-refractivity contribution is -0.153. The van der Waals surface area contributed by atoms with Gasteiger partial charge in [-0.05, 0) is 13.8 Å². The number of aromatic nitrogens is 2. The summed E-state index contributed by atoms with van der Waals surface area (Å²) in [6, 6.07) is 0.949. The summed E-state index contributed by atoms with van der Waals surface area (Å²) in [5.74, 6) is -1.81. The number of hydrogen-bond acceptors (Lipinski definition) is 10. The van der Waals surface area contributed by atoms with Crippen molar-refractivity contribution in [3.8, 4) is 0 Å². The monoisotopic (exact) mass is 482 g/mol. The fourth-order valence-electron chi connectivity index (χ4n) is 2.71. The quantitative estimate of drug-likeness (QED) is 0.218. The summed E-state index contributed by atoms with van der Waals surface area (Å²) < 4.78 is 47.8. The molecule has 1 aliphatic rings. The van der Waals surface area contributed by atoms with E-state index in [1.807, 2.05) is 10.1 Å². The molecule has 0 aromatic carbocycles. The van der Waals surface area contributed by atoms with E-state index in [4.69, 9.17) is 24.5 Å². The molecule has 0 aliphatic carbocycles. The van der Waals surface area contributed by atoms with Gasteiger partial charge in [0, 0.05) is 12.3 Å². The maximum atomic E-state index is 15.0. The number of ether oxygens (including phenoxy) is 3. The molecular weight excluding hydrogens is 458 g/mol. The summed E-state index contributed by atoms with van der Waals surface area (Å²) in [6.07, 6.45) is -6.31. The van der Waals surface area contributed by atoms with E-state index in [0.29, 0.717) is 4.57 Å². The molecule has 2 heterocycles. The number of hydrogen-bond donors (Lipinski definition) is 4. The number of carbonyl (C=O) groups is 2. The third kappa shape index (κ3) is 7.05. The van der Waals surface area contributed by atoms with Crippen LogP contribution in [0.1, 0.15) is 20.1 Å². The minimum absolute atomic E-state index is 0.442. The van der Waals surface area contributed by atoms with Gasteiger partial charge in [-0.2, -0.15) is 0 Å². The Kier molecular flexibility index (Phi) is 8.83. The zero-order valence-corrected chi connectivity index (χ0v) is 18.0. The smallest absolute Gasteiger partial charge is 0.403 e. The van der Waals surface area contributed by atoms with Crippen molar-refractivity contribution in [1.82, 2.24) is 14.6 Å². The minimum Gasteiger partial charge on any atom is -0.462 e. The van der Waals surface area contributed by atoms with E-state index in [1.54, 1.807) is 13.8 Å². The van der Waals surface area contributed by atoms with Gasteiger partial charge in [0.15, 0.2) is 18.5 Å². The Morgan fingerprint density at radius 1 is 1.41 bits per heavy atom. The van der Waals surface area contributed by atoms with Gasteiger partial charge in [-0.15, -0.1) is 0 Å². The predicted molar refractivity (Wildman–Crippen MR) is 104 cm³/mol. The summed E-state index contributed by atoms with van der Waals surface area (Å²) in [5.41, 5.74) is 3.45. The van der Waals surface area contributed by atoms with Crippen molar-refractivity contribution in [2.24, 2.45) is 5.73 Å². The molecule has 0 spiro atoms. The van der Waals surface area contributed by atoms with Crippen molar-refractivity contribution in [3.63, 3.8) is 0 Å². The van der Waals surface area contributed by atoms with Gasteiger partial charge < -0.3 is 24.8 Å². The van der Waals surface area contributed by atoms with E-state index in [0.717, 1.165) is 12.3 Å². The molecule has 3 unspecified atom stereocenters. The van der Waals surface area contributed by atoms with Crippen LogP contribution in [0.2, 0.25) is 0 Å². The third-order valence-corrected chi connectivity index (χ3v) is 5.09. The number of rotatable bonds is 10. The molecule has 180 valence electrons. The molecule has 0 bridgehead atoms. The highest BCUT2D eigenvalue weighted by molar-refractivity contribution is 7.50. The van der Waals surface area contributed by atoms with E-state index in [-0.39, 0.29) is 0 Å². The standard InChI is InChI=1S/C16H24FN4O10P/c1-8(2)29-12(24)6-19-32(26,27)28-7-9-14(31-11(23)5-18)13(17)15(30-9)21-4-3-10(22)20-16(21)25/h3-4,8-9,13-15H,5-7,18H2,1-2H3,(H2,19,26,27)(H,20,22,25)/t9-,13?,14?,15-/m1/s1. The molecule has 1 aliphatic heterocycles. The first-order chi connectivity index (χ1) is 14.9. The molecule has 5 atom stereocenters. The molecule has 1 fully saturated rings. The van der Waals surface area contributed by atoms with Gasteiger partial charge in [0.1, 0.15) is 12.6 Å². The highest BCUT2D eigenvalue weighted by Gasteiger charge is 2.49. The van der Waals surface area contributed by atoms with Crippen LogP contribution in [0.15, 0.2) is 21.9 Å². The summed E-state index contributed by atoms with van der Waals surface area (Å²) in [7, 11) is -4.57. The number of nitrogens with two attached hydrogens (primary N) is 1. The number of esters is 2. The Morgan fingerprint density at radius 3 is 2.69 bits per heavy atom. The third-order valence-electron chi connectivity index (χ3n) is 4.03. The Balaban J connectivity index is 2.12. The van der Waals surface area contributed by atoms with Crippen LogP contribution in [0.5, 0.6) is 0 Å². The van der Waals surface area contributed by atoms with Crippen LogP contribution in [0.25, 0.3) is 0 Å². The Bertz CT molecular complexity index is 982. The van der Waals surface area contributed by atoms with Crippen molar-refractivity contribution < 1.29 is 42.2 Å². The summed E-state index contributed by atoms with van der Waals surface area (Å²) in [5, 5.41) is 1.97. The van der Waals surface area contributed by atoms with Crippen molar-refractivity contribution >= 4 is 19.7 Å². The van der Waals surface area contributed by atoms with Crippen molar-refractivity contribution in [2.75, 3.05) is 19.7 Å². The van der Waals surface area contributed by atoms with Gasteiger partial charge in [-0.3, -0.25) is 28.5 Å². The summed E-state index contributed by atoms with van der Waals surface area (Å²) >= 11 is 0. The van der Waals surface area contributed by atoms with E-state index >= 15 is 4.39 Å². The maximum Gasteiger partial charge on any atom is 0.403 e. The average molecular weight is 482 g/mol. The molecule has 32 heavy (non-hydrogen) atoms. The normalized spacial score (nSPS) is 24.8. The molecule has 5 N–H and O–H groups in total. The van der Waals surface area contributed by atoms with Crippen LogP contribution in [-0.4, -0.2) is 70.6 Å². The molecule has 2 rings (SSSR count). The first kappa shape index (κ1) is 25.8. The van der Waals surface area contributed by atoms with Gasteiger partial charge in [-0.1, -0.05) is 0 Å². The van der Waals surface area contributed by atoms with Gasteiger partial charge in [0.05, 0.1) is 19.3 Å². The molecular formula is C16H24FN4O10P. The molecule has 1 aromatic rings. The highest BCUT2D eigenvalue weighted by atomic mass is 31.2. The van der Waals surface area contributed by atoms with Crippen LogP contribution >= 0.6 is 7.75 Å². The predicted octanol–water partition coefficient (Wildman–Crippen LogP) is -1.70. The first-order valence-corrected chi connectivity index (χ1v) is 10.9. The van der Waals surface area contributed by atoms with Crippen LogP contribution in [0.4, 0.5) is 4.39 Å². The van der Waals surface area contributed by atoms with Crippen molar-refractivity contribution in [3.05, 3.63) is 33.1 Å². The second-order valence-corrected chi connectivity index (χ2v) is 8.49. The van der Waals surface area contributed by atoms with Gasteiger partial charge in [0.25, 0.3) is 5.56 Å². The Labute approximate surface area is 180 Å². The van der Waals surface area contributed by atoms with E-state index in [9.17, 15) is 28.6 Å². The number of nitrogens with zero attached hydrogens (tertiary/aromatic N) is 1. The molecule has 0 radical (unpaired) electrons. The lowest BCUT2D eigenvalue weighted by Gasteiger charge is -2.21. The number of nitrogens with one attached hydrogen (secondary N) is 2. The lowest BCUT2D eigenvalue weighted by Crippen LogP contribution is -2.39. The first-order valence-electron chi connectivity index (χ1n) is 9.36. The average Bonchev–Trinajstić information content (AvgIpc) is 3.00. The van der Waals surface area contributed by atoms with E-state index < -0.39 is 81.3 Å². The number of carbonyl (C=O) groups excluding carboxylic acids is 2. The number of H-pyrrole nitrogens is 1. The Morgan fingerprint density at radius 2 is 2.09 bits per heavy atom. The maximum absolute atomic E-state index is 15.0. The van der Waals surface area contributed by atoms with E-state index in [2.05, 4.69) is 0 Å². The van der Waals surface area contributed by atoms with Crippen molar-refractivity contribution in [1.29, 1.82) is 0 Å². The molecule has 1 saturated heterocycles. The lowest BCUT2D eigenvalue weighted by atomic mass is 10.1. The topological polar surface area (TPSA) is 201 Å². The van der Waals surface area contributed by atoms with Crippen LogP contribution in [-0.2, 0) is 32.9 Å². The molecule has 1 aromatic heterocycles. The van der Waals surface area contributed by atoms with Crippen LogP contribution in [0.3, 0.4) is 0 Å². The van der Waals surface area contributed by atoms with E-state index in [1.165, 1.54) is 0 Å². The van der Waals surface area contributed by atoms with Gasteiger partial charge >= 0.3 is 25.4 Å². The highest BCUT2D eigenvalue weighted by Crippen LogP contribution is 2.40. The zero-order valence-electron chi connectivity index (χ0n) is 17.1. The number of alkyl halides is 1. The second kappa shape index (κ2) is 10.9. The van der Waals surface area contributed by atoms with Gasteiger partial charge in [0.2, 0.25) is 0 Å². The SMILES string of the molecule is CC(C)OC(=O)CNP(=O)(O)OC[C@H]1O[C@@H](n2ccc(=O)[nH]c2=O)C(F)C1OC(=O)CN. The molecule has 16 heteroatoms. The summed E-state index contributed by atoms with van der Waals surface area (Å²) in [4.78, 5) is 58.0. The fraction of sp³-hybridized carbons (Fsp3) is 0.625. The summed E-state index contributed by atoms with van der Waals surface area (Å²) in [6.45, 7) is 1.18.